The van der Waals surface area contributed by atoms with Crippen LogP contribution < -0.4 is 0 Å². The van der Waals surface area contributed by atoms with Gasteiger partial charge in [-0.2, -0.15) is 0 Å². The Kier molecular flexibility index (Phi) is 6.74. The maximum Gasteiger partial charge on any atom is 0.164 e. The summed E-state index contributed by atoms with van der Waals surface area (Å²) in [6.07, 6.45) is 0. The SMILES string of the molecule is c1ccc(-c2nc(-c3ccccc3)nc(-c3ccc(-c4nc5c6ccccc6ccc5c5c4c4ccccc4n5-c4ccccc4)cc3)n2)cc1. The third kappa shape index (κ3) is 4.86. The van der Waals surface area contributed by atoms with Crippen molar-refractivity contribution < 1.29 is 0 Å². The molecule has 10 rings (SSSR count). The first-order valence-electron chi connectivity index (χ1n) is 17.1. The summed E-state index contributed by atoms with van der Waals surface area (Å²) < 4.78 is 2.39. The summed E-state index contributed by atoms with van der Waals surface area (Å²) in [4.78, 5) is 20.3. The van der Waals surface area contributed by atoms with E-state index in [9.17, 15) is 0 Å². The Bertz CT molecular complexity index is 2820. The Morgan fingerprint density at radius 2 is 0.863 bits per heavy atom. The Labute approximate surface area is 294 Å². The Hall–Kier alpha value is -6.98. The quantitative estimate of drug-likeness (QED) is 0.174. The van der Waals surface area contributed by atoms with Crippen molar-refractivity contribution in [2.75, 3.05) is 0 Å². The largest absolute Gasteiger partial charge is 0.308 e. The van der Waals surface area contributed by atoms with E-state index in [0.717, 1.165) is 71.7 Å². The van der Waals surface area contributed by atoms with Gasteiger partial charge >= 0.3 is 0 Å². The summed E-state index contributed by atoms with van der Waals surface area (Å²) in [5.74, 6) is 1.90. The van der Waals surface area contributed by atoms with E-state index in [4.69, 9.17) is 19.9 Å². The van der Waals surface area contributed by atoms with Crippen LogP contribution in [0.2, 0.25) is 0 Å². The number of hydrogen-bond acceptors (Lipinski definition) is 4. The van der Waals surface area contributed by atoms with Gasteiger partial charge in [-0.3, -0.25) is 0 Å². The first-order valence-corrected chi connectivity index (χ1v) is 17.1. The van der Waals surface area contributed by atoms with Crippen LogP contribution in [0.25, 0.3) is 94.6 Å². The van der Waals surface area contributed by atoms with Crippen molar-refractivity contribution in [3.05, 3.63) is 176 Å². The molecule has 0 amide bonds. The lowest BCUT2D eigenvalue weighted by Crippen LogP contribution is -2.00. The molecule has 0 atom stereocenters. The van der Waals surface area contributed by atoms with Gasteiger partial charge in [-0.05, 0) is 23.6 Å². The molecule has 0 fully saturated rings. The Morgan fingerprint density at radius 1 is 0.353 bits per heavy atom. The highest BCUT2D eigenvalue weighted by Crippen LogP contribution is 2.42. The number of para-hydroxylation sites is 2. The molecule has 3 aromatic heterocycles. The Balaban J connectivity index is 1.22. The molecule has 51 heavy (non-hydrogen) atoms. The average Bonchev–Trinajstić information content (AvgIpc) is 3.57. The molecule has 0 unspecified atom stereocenters. The van der Waals surface area contributed by atoms with Crippen LogP contribution in [0, 0.1) is 0 Å². The summed E-state index contributed by atoms with van der Waals surface area (Å²) in [6.45, 7) is 0. The fourth-order valence-electron chi connectivity index (χ4n) is 7.24. The van der Waals surface area contributed by atoms with Crippen LogP contribution in [-0.4, -0.2) is 24.5 Å². The zero-order valence-electron chi connectivity index (χ0n) is 27.5. The number of rotatable bonds is 5. The maximum atomic E-state index is 5.51. The van der Waals surface area contributed by atoms with E-state index in [1.54, 1.807) is 0 Å². The Morgan fingerprint density at radius 3 is 1.51 bits per heavy atom. The van der Waals surface area contributed by atoms with Crippen LogP contribution in [0.5, 0.6) is 0 Å². The molecule has 0 aliphatic rings. The van der Waals surface area contributed by atoms with Gasteiger partial charge in [0, 0.05) is 49.5 Å². The lowest BCUT2D eigenvalue weighted by Gasteiger charge is -2.13. The van der Waals surface area contributed by atoms with Gasteiger partial charge in [0.15, 0.2) is 17.5 Å². The van der Waals surface area contributed by atoms with Gasteiger partial charge in [0.2, 0.25) is 0 Å². The van der Waals surface area contributed by atoms with Crippen LogP contribution in [0.3, 0.4) is 0 Å². The number of aromatic nitrogens is 5. The molecule has 7 aromatic carbocycles. The fraction of sp³-hybridized carbons (Fsp3) is 0. The van der Waals surface area contributed by atoms with E-state index in [0.29, 0.717) is 17.5 Å². The highest BCUT2D eigenvalue weighted by molar-refractivity contribution is 6.25. The summed E-state index contributed by atoms with van der Waals surface area (Å²) in [5.41, 5.74) is 9.15. The molecule has 10 aromatic rings. The second-order valence-corrected chi connectivity index (χ2v) is 12.7. The normalized spacial score (nSPS) is 11.5. The molecular weight excluding hydrogens is 623 g/mol. The van der Waals surface area contributed by atoms with Crippen molar-refractivity contribution in [2.45, 2.75) is 0 Å². The van der Waals surface area contributed by atoms with Gasteiger partial charge in [0.05, 0.1) is 22.2 Å². The predicted octanol–water partition coefficient (Wildman–Crippen LogP) is 11.3. The minimum atomic E-state index is 0.623. The molecule has 3 heterocycles. The van der Waals surface area contributed by atoms with Crippen LogP contribution >= 0.6 is 0 Å². The summed E-state index contributed by atoms with van der Waals surface area (Å²) in [7, 11) is 0. The molecule has 0 spiro atoms. The first-order chi connectivity index (χ1) is 25.3. The molecular formula is C46H29N5. The minimum Gasteiger partial charge on any atom is -0.308 e. The van der Waals surface area contributed by atoms with Gasteiger partial charge in [0.1, 0.15) is 0 Å². The number of fused-ring (bicyclic) bond motifs is 7. The summed E-state index contributed by atoms with van der Waals surface area (Å²) in [5, 5.41) is 5.71. The molecule has 238 valence electrons. The number of benzene rings is 7. The zero-order chi connectivity index (χ0) is 33.7. The second-order valence-electron chi connectivity index (χ2n) is 12.7. The van der Waals surface area contributed by atoms with Gasteiger partial charge in [-0.25, -0.2) is 19.9 Å². The molecule has 0 bridgehead atoms. The van der Waals surface area contributed by atoms with Crippen molar-refractivity contribution in [1.29, 1.82) is 0 Å². The van der Waals surface area contributed by atoms with E-state index in [2.05, 4.69) is 120 Å². The number of hydrogen-bond donors (Lipinski definition) is 0. The molecule has 0 aliphatic heterocycles. The second kappa shape index (κ2) is 11.9. The van der Waals surface area contributed by atoms with Crippen LogP contribution in [0.15, 0.2) is 176 Å². The fourth-order valence-corrected chi connectivity index (χ4v) is 7.24. The van der Waals surface area contributed by atoms with Crippen molar-refractivity contribution in [1.82, 2.24) is 24.5 Å². The van der Waals surface area contributed by atoms with Gasteiger partial charge in [-0.1, -0.05) is 158 Å². The van der Waals surface area contributed by atoms with Gasteiger partial charge in [-0.15, -0.1) is 0 Å². The zero-order valence-corrected chi connectivity index (χ0v) is 27.5. The number of nitrogens with zero attached hydrogens (tertiary/aromatic N) is 5. The molecule has 0 saturated heterocycles. The molecule has 0 aliphatic carbocycles. The smallest absolute Gasteiger partial charge is 0.164 e. The topological polar surface area (TPSA) is 56.5 Å². The monoisotopic (exact) mass is 651 g/mol. The average molecular weight is 652 g/mol. The summed E-state index contributed by atoms with van der Waals surface area (Å²) in [6, 6.07) is 60.9. The maximum absolute atomic E-state index is 5.51. The van der Waals surface area contributed by atoms with Crippen LogP contribution in [0.4, 0.5) is 0 Å². The van der Waals surface area contributed by atoms with E-state index < -0.39 is 0 Å². The number of pyridine rings is 1. The molecule has 5 nitrogen and oxygen atoms in total. The third-order valence-electron chi connectivity index (χ3n) is 9.62. The lowest BCUT2D eigenvalue weighted by atomic mass is 9.99. The van der Waals surface area contributed by atoms with E-state index >= 15 is 0 Å². The van der Waals surface area contributed by atoms with Crippen molar-refractivity contribution in [2.24, 2.45) is 0 Å². The van der Waals surface area contributed by atoms with E-state index in [-0.39, 0.29) is 0 Å². The minimum absolute atomic E-state index is 0.623. The summed E-state index contributed by atoms with van der Waals surface area (Å²) >= 11 is 0. The van der Waals surface area contributed by atoms with E-state index in [1.165, 1.54) is 5.39 Å². The third-order valence-corrected chi connectivity index (χ3v) is 9.62. The molecule has 0 saturated carbocycles. The highest BCUT2D eigenvalue weighted by Gasteiger charge is 2.22. The highest BCUT2D eigenvalue weighted by atomic mass is 15.0. The van der Waals surface area contributed by atoms with Crippen molar-refractivity contribution in [3.8, 4) is 51.1 Å². The molecule has 5 heteroatoms. The van der Waals surface area contributed by atoms with Crippen LogP contribution in [0.1, 0.15) is 0 Å². The van der Waals surface area contributed by atoms with E-state index in [1.807, 2.05) is 60.7 Å². The first kappa shape index (κ1) is 29.0. The van der Waals surface area contributed by atoms with Gasteiger partial charge in [0.25, 0.3) is 0 Å². The molecule has 0 radical (unpaired) electrons. The van der Waals surface area contributed by atoms with Crippen molar-refractivity contribution >= 4 is 43.5 Å². The van der Waals surface area contributed by atoms with Gasteiger partial charge < -0.3 is 4.57 Å². The van der Waals surface area contributed by atoms with Crippen molar-refractivity contribution in [3.63, 3.8) is 0 Å². The standard InChI is InChI=1S/C46H29N5/c1-4-15-32(16-5-1)44-48-45(33-17-6-2-7-18-33)50-46(49-44)34-26-24-31(25-27-34)41-40-37-22-12-13-23-39(37)51(35-19-8-3-9-20-35)43(40)38-29-28-30-14-10-11-21-36(30)42(38)47-41/h1-29H. The predicted molar refractivity (Wildman–Crippen MR) is 209 cm³/mol. The lowest BCUT2D eigenvalue weighted by molar-refractivity contribution is 1.07. The molecule has 0 N–H and O–H groups in total. The van der Waals surface area contributed by atoms with Crippen LogP contribution in [-0.2, 0) is 0 Å².